The van der Waals surface area contributed by atoms with E-state index < -0.39 is 9.84 Å². The monoisotopic (exact) mass is 219 g/mol. The molecule has 0 aromatic rings. The standard InChI is InChI=1S/C10H21NO2S/c1-4-11-8-10(2,3)9-5-6-14(12,13)7-9/h9,11H,4-8H2,1-3H3. The summed E-state index contributed by atoms with van der Waals surface area (Å²) in [6.45, 7) is 8.23. The van der Waals surface area contributed by atoms with Gasteiger partial charge in [0.15, 0.2) is 9.84 Å². The van der Waals surface area contributed by atoms with E-state index in [0.717, 1.165) is 19.5 Å². The van der Waals surface area contributed by atoms with Gasteiger partial charge in [0.05, 0.1) is 11.5 Å². The Hall–Kier alpha value is -0.0900. The highest BCUT2D eigenvalue weighted by atomic mass is 32.2. The minimum absolute atomic E-state index is 0.0968. The highest BCUT2D eigenvalue weighted by molar-refractivity contribution is 7.91. The van der Waals surface area contributed by atoms with Gasteiger partial charge >= 0.3 is 0 Å². The second-order valence-corrected chi connectivity index (χ2v) is 7.10. The minimum atomic E-state index is -2.73. The molecule has 1 fully saturated rings. The van der Waals surface area contributed by atoms with E-state index in [2.05, 4.69) is 26.1 Å². The molecule has 1 atom stereocenters. The molecule has 0 aliphatic carbocycles. The zero-order valence-corrected chi connectivity index (χ0v) is 10.2. The molecule has 0 spiro atoms. The Morgan fingerprint density at radius 2 is 2.07 bits per heavy atom. The first-order valence-corrected chi connectivity index (χ1v) is 7.10. The van der Waals surface area contributed by atoms with Gasteiger partial charge in [0.25, 0.3) is 0 Å². The summed E-state index contributed by atoms with van der Waals surface area (Å²) < 4.78 is 22.7. The Morgan fingerprint density at radius 3 is 2.50 bits per heavy atom. The predicted molar refractivity (Wildman–Crippen MR) is 59.1 cm³/mol. The maximum Gasteiger partial charge on any atom is 0.150 e. The van der Waals surface area contributed by atoms with Crippen molar-refractivity contribution in [1.82, 2.24) is 5.32 Å². The van der Waals surface area contributed by atoms with Gasteiger partial charge in [0.1, 0.15) is 0 Å². The smallest absolute Gasteiger partial charge is 0.150 e. The first-order chi connectivity index (χ1) is 6.37. The molecule has 1 aliphatic rings. The summed E-state index contributed by atoms with van der Waals surface area (Å²) in [6, 6.07) is 0. The number of hydrogen-bond donors (Lipinski definition) is 1. The van der Waals surface area contributed by atoms with Gasteiger partial charge in [-0.25, -0.2) is 8.42 Å². The summed E-state index contributed by atoms with van der Waals surface area (Å²) in [5, 5.41) is 3.30. The van der Waals surface area contributed by atoms with Gasteiger partial charge < -0.3 is 5.32 Å². The lowest BCUT2D eigenvalue weighted by Crippen LogP contribution is -2.36. The molecule has 3 nitrogen and oxygen atoms in total. The lowest BCUT2D eigenvalue weighted by Gasteiger charge is -2.30. The maximum absolute atomic E-state index is 11.3. The largest absolute Gasteiger partial charge is 0.316 e. The Bertz CT molecular complexity index is 282. The molecule has 0 radical (unpaired) electrons. The van der Waals surface area contributed by atoms with Crippen LogP contribution in [0.5, 0.6) is 0 Å². The molecular weight excluding hydrogens is 198 g/mol. The zero-order valence-electron chi connectivity index (χ0n) is 9.34. The van der Waals surface area contributed by atoms with Crippen LogP contribution in [0.1, 0.15) is 27.2 Å². The highest BCUT2D eigenvalue weighted by Crippen LogP contribution is 2.34. The quantitative estimate of drug-likeness (QED) is 0.769. The average Bonchev–Trinajstić information content (AvgIpc) is 2.43. The zero-order chi connectivity index (χ0) is 10.8. The van der Waals surface area contributed by atoms with Crippen LogP contribution < -0.4 is 5.32 Å². The summed E-state index contributed by atoms with van der Waals surface area (Å²) in [6.07, 6.45) is 0.834. The summed E-state index contributed by atoms with van der Waals surface area (Å²) >= 11 is 0. The fraction of sp³-hybridized carbons (Fsp3) is 1.00. The van der Waals surface area contributed by atoms with Crippen LogP contribution in [0.4, 0.5) is 0 Å². The summed E-state index contributed by atoms with van der Waals surface area (Å²) in [5.41, 5.74) is 0.0968. The second-order valence-electron chi connectivity index (χ2n) is 4.87. The van der Waals surface area contributed by atoms with Crippen LogP contribution in [-0.4, -0.2) is 33.0 Å². The van der Waals surface area contributed by atoms with E-state index in [9.17, 15) is 8.42 Å². The van der Waals surface area contributed by atoms with Crippen molar-refractivity contribution in [1.29, 1.82) is 0 Å². The molecule has 84 valence electrons. The fourth-order valence-electron chi connectivity index (χ4n) is 2.00. The minimum Gasteiger partial charge on any atom is -0.316 e. The van der Waals surface area contributed by atoms with Crippen LogP contribution in [-0.2, 0) is 9.84 Å². The first-order valence-electron chi connectivity index (χ1n) is 5.28. The van der Waals surface area contributed by atoms with Crippen molar-refractivity contribution >= 4 is 9.84 Å². The number of hydrogen-bond acceptors (Lipinski definition) is 3. The van der Waals surface area contributed by atoms with Gasteiger partial charge in [-0.05, 0) is 24.3 Å². The van der Waals surface area contributed by atoms with E-state index in [1.54, 1.807) is 0 Å². The molecule has 1 saturated heterocycles. The van der Waals surface area contributed by atoms with Crippen molar-refractivity contribution in [2.45, 2.75) is 27.2 Å². The van der Waals surface area contributed by atoms with Crippen molar-refractivity contribution in [3.63, 3.8) is 0 Å². The Kier molecular flexibility index (Phi) is 3.58. The molecule has 1 unspecified atom stereocenters. The van der Waals surface area contributed by atoms with Crippen LogP contribution >= 0.6 is 0 Å². The molecule has 0 aromatic carbocycles. The Morgan fingerprint density at radius 1 is 1.43 bits per heavy atom. The Balaban J connectivity index is 2.57. The van der Waals surface area contributed by atoms with Crippen LogP contribution in [0.3, 0.4) is 0 Å². The van der Waals surface area contributed by atoms with Crippen molar-refractivity contribution in [3.8, 4) is 0 Å². The van der Waals surface area contributed by atoms with Crippen molar-refractivity contribution in [3.05, 3.63) is 0 Å². The van der Waals surface area contributed by atoms with Gasteiger partial charge in [-0.15, -0.1) is 0 Å². The van der Waals surface area contributed by atoms with Crippen molar-refractivity contribution in [2.75, 3.05) is 24.6 Å². The van der Waals surface area contributed by atoms with Crippen LogP contribution in [0.2, 0.25) is 0 Å². The molecular formula is C10H21NO2S. The van der Waals surface area contributed by atoms with E-state index in [1.807, 2.05) is 0 Å². The predicted octanol–water partition coefficient (Wildman–Crippen LogP) is 1.06. The number of nitrogens with one attached hydrogen (secondary N) is 1. The van der Waals surface area contributed by atoms with E-state index in [1.165, 1.54) is 0 Å². The number of sulfone groups is 1. The van der Waals surface area contributed by atoms with Gasteiger partial charge in [0, 0.05) is 6.54 Å². The second kappa shape index (κ2) is 4.19. The lowest BCUT2D eigenvalue weighted by molar-refractivity contribution is 0.228. The molecule has 0 bridgehead atoms. The topological polar surface area (TPSA) is 46.2 Å². The first kappa shape index (κ1) is 12.0. The summed E-state index contributed by atoms with van der Waals surface area (Å²) in [7, 11) is -2.73. The lowest BCUT2D eigenvalue weighted by atomic mass is 9.78. The molecule has 14 heavy (non-hydrogen) atoms. The van der Waals surface area contributed by atoms with E-state index in [0.29, 0.717) is 17.4 Å². The molecule has 4 heteroatoms. The molecule has 1 heterocycles. The normalized spacial score (nSPS) is 26.6. The SMILES string of the molecule is CCNCC(C)(C)C1CCS(=O)(=O)C1. The van der Waals surface area contributed by atoms with E-state index >= 15 is 0 Å². The van der Waals surface area contributed by atoms with Crippen LogP contribution in [0.25, 0.3) is 0 Å². The van der Waals surface area contributed by atoms with E-state index in [-0.39, 0.29) is 5.41 Å². The molecule has 0 aromatic heterocycles. The Labute approximate surface area is 87.2 Å². The summed E-state index contributed by atoms with van der Waals surface area (Å²) in [5.74, 6) is 1.09. The van der Waals surface area contributed by atoms with E-state index in [4.69, 9.17) is 0 Å². The third-order valence-corrected chi connectivity index (χ3v) is 4.94. The molecule has 1 rings (SSSR count). The van der Waals surface area contributed by atoms with Crippen LogP contribution in [0.15, 0.2) is 0 Å². The number of rotatable bonds is 4. The molecule has 0 saturated carbocycles. The molecule has 1 aliphatic heterocycles. The van der Waals surface area contributed by atoms with Crippen LogP contribution in [0, 0.1) is 11.3 Å². The van der Waals surface area contributed by atoms with Crippen molar-refractivity contribution < 1.29 is 8.42 Å². The van der Waals surface area contributed by atoms with Gasteiger partial charge in [0.2, 0.25) is 0 Å². The van der Waals surface area contributed by atoms with Gasteiger partial charge in [-0.3, -0.25) is 0 Å². The fourth-order valence-corrected chi connectivity index (χ4v) is 4.04. The third kappa shape index (κ3) is 2.95. The average molecular weight is 219 g/mol. The summed E-state index contributed by atoms with van der Waals surface area (Å²) in [4.78, 5) is 0. The third-order valence-electron chi connectivity index (χ3n) is 3.17. The van der Waals surface area contributed by atoms with Crippen molar-refractivity contribution in [2.24, 2.45) is 11.3 Å². The highest BCUT2D eigenvalue weighted by Gasteiger charge is 2.37. The van der Waals surface area contributed by atoms with Gasteiger partial charge in [-0.2, -0.15) is 0 Å². The van der Waals surface area contributed by atoms with Gasteiger partial charge in [-0.1, -0.05) is 20.8 Å². The molecule has 1 N–H and O–H groups in total. The molecule has 0 amide bonds. The maximum atomic E-state index is 11.3.